The molecule has 0 fully saturated rings. The third kappa shape index (κ3) is 2.81. The Labute approximate surface area is 127 Å². The van der Waals surface area contributed by atoms with Crippen LogP contribution in [-0.4, -0.2) is 13.2 Å². The fraction of sp³-hybridized carbons (Fsp3) is 0.368. The van der Waals surface area contributed by atoms with Crippen molar-refractivity contribution in [2.24, 2.45) is 0 Å². The van der Waals surface area contributed by atoms with E-state index in [2.05, 4.69) is 67.7 Å². The summed E-state index contributed by atoms with van der Waals surface area (Å²) >= 11 is 0. The lowest BCUT2D eigenvalue weighted by atomic mass is 10.0. The lowest BCUT2D eigenvalue weighted by Gasteiger charge is -2.21. The van der Waals surface area contributed by atoms with Crippen molar-refractivity contribution in [3.63, 3.8) is 0 Å². The van der Waals surface area contributed by atoms with Gasteiger partial charge in [-0.25, -0.2) is 0 Å². The third-order valence-electron chi connectivity index (χ3n) is 4.33. The number of hydrogen-bond donors (Lipinski definition) is 1. The molecule has 1 aliphatic carbocycles. The molecule has 21 heavy (non-hydrogen) atoms. The first-order chi connectivity index (χ1) is 10.2. The fourth-order valence-corrected chi connectivity index (χ4v) is 3.12. The van der Waals surface area contributed by atoms with Gasteiger partial charge in [0.1, 0.15) is 11.9 Å². The second-order valence-corrected chi connectivity index (χ2v) is 6.05. The van der Waals surface area contributed by atoms with Crippen LogP contribution >= 0.6 is 0 Å². The minimum absolute atomic E-state index is 0.164. The van der Waals surface area contributed by atoms with Crippen LogP contribution in [0, 0.1) is 0 Å². The van der Waals surface area contributed by atoms with Gasteiger partial charge < -0.3 is 10.1 Å². The highest BCUT2D eigenvalue weighted by molar-refractivity contribution is 5.37. The molecule has 0 spiro atoms. The SMILES string of the molecule is CNC1c2ccccc2CC1Oc1ccc(C(C)C)cc1. The molecule has 0 radical (unpaired) electrons. The van der Waals surface area contributed by atoms with Crippen LogP contribution in [0.25, 0.3) is 0 Å². The molecule has 2 nitrogen and oxygen atoms in total. The number of ether oxygens (including phenoxy) is 1. The van der Waals surface area contributed by atoms with Gasteiger partial charge in [-0.15, -0.1) is 0 Å². The van der Waals surface area contributed by atoms with Crippen LogP contribution < -0.4 is 10.1 Å². The van der Waals surface area contributed by atoms with Crippen molar-refractivity contribution in [1.29, 1.82) is 0 Å². The second kappa shape index (κ2) is 5.90. The Morgan fingerprint density at radius 2 is 1.76 bits per heavy atom. The van der Waals surface area contributed by atoms with Gasteiger partial charge in [-0.3, -0.25) is 0 Å². The Kier molecular flexibility index (Phi) is 3.98. The topological polar surface area (TPSA) is 21.3 Å². The molecular formula is C19H23NO. The Balaban J connectivity index is 1.76. The van der Waals surface area contributed by atoms with Crippen LogP contribution in [0.5, 0.6) is 5.75 Å². The predicted octanol–water partition coefficient (Wildman–Crippen LogP) is 4.07. The van der Waals surface area contributed by atoms with Crippen molar-refractivity contribution in [3.8, 4) is 5.75 Å². The average molecular weight is 281 g/mol. The molecule has 0 amide bonds. The lowest BCUT2D eigenvalue weighted by Crippen LogP contribution is -2.30. The summed E-state index contributed by atoms with van der Waals surface area (Å²) in [7, 11) is 2.00. The van der Waals surface area contributed by atoms with Crippen molar-refractivity contribution >= 4 is 0 Å². The molecule has 0 heterocycles. The highest BCUT2D eigenvalue weighted by Gasteiger charge is 2.32. The molecular weight excluding hydrogens is 258 g/mol. The molecule has 1 N–H and O–H groups in total. The fourth-order valence-electron chi connectivity index (χ4n) is 3.12. The number of hydrogen-bond acceptors (Lipinski definition) is 2. The zero-order valence-electron chi connectivity index (χ0n) is 13.0. The van der Waals surface area contributed by atoms with Crippen molar-refractivity contribution in [1.82, 2.24) is 5.32 Å². The Hall–Kier alpha value is -1.80. The van der Waals surface area contributed by atoms with E-state index in [-0.39, 0.29) is 12.1 Å². The van der Waals surface area contributed by atoms with Gasteiger partial charge in [0.15, 0.2) is 0 Å². The minimum atomic E-state index is 0.164. The molecule has 1 aliphatic rings. The van der Waals surface area contributed by atoms with Crippen LogP contribution in [-0.2, 0) is 6.42 Å². The van der Waals surface area contributed by atoms with Gasteiger partial charge in [-0.2, -0.15) is 0 Å². The summed E-state index contributed by atoms with van der Waals surface area (Å²) in [5, 5.41) is 3.40. The summed E-state index contributed by atoms with van der Waals surface area (Å²) in [4.78, 5) is 0. The Bertz CT molecular complexity index is 603. The molecule has 0 aromatic heterocycles. The molecule has 2 aromatic carbocycles. The first kappa shape index (κ1) is 14.2. The van der Waals surface area contributed by atoms with Gasteiger partial charge in [-0.1, -0.05) is 50.2 Å². The summed E-state index contributed by atoms with van der Waals surface area (Å²) in [5.41, 5.74) is 4.10. The second-order valence-electron chi connectivity index (χ2n) is 6.05. The molecule has 110 valence electrons. The molecule has 2 heteroatoms. The van der Waals surface area contributed by atoms with Gasteiger partial charge in [0.05, 0.1) is 6.04 Å². The number of benzene rings is 2. The smallest absolute Gasteiger partial charge is 0.122 e. The normalized spacial score (nSPS) is 20.6. The third-order valence-corrected chi connectivity index (χ3v) is 4.33. The average Bonchev–Trinajstić information content (AvgIpc) is 2.84. The van der Waals surface area contributed by atoms with Crippen LogP contribution in [0.1, 0.15) is 42.5 Å². The zero-order valence-corrected chi connectivity index (χ0v) is 13.0. The van der Waals surface area contributed by atoms with Gasteiger partial charge in [0.25, 0.3) is 0 Å². The zero-order chi connectivity index (χ0) is 14.8. The van der Waals surface area contributed by atoms with E-state index in [4.69, 9.17) is 4.74 Å². The van der Waals surface area contributed by atoms with E-state index in [1.165, 1.54) is 16.7 Å². The highest BCUT2D eigenvalue weighted by atomic mass is 16.5. The summed E-state index contributed by atoms with van der Waals surface area (Å²) in [5.74, 6) is 1.51. The first-order valence-electron chi connectivity index (χ1n) is 7.70. The number of fused-ring (bicyclic) bond motifs is 1. The van der Waals surface area contributed by atoms with Crippen LogP contribution in [0.3, 0.4) is 0 Å². The molecule has 2 aromatic rings. The van der Waals surface area contributed by atoms with Crippen LogP contribution in [0.15, 0.2) is 48.5 Å². The van der Waals surface area contributed by atoms with Crippen LogP contribution in [0.4, 0.5) is 0 Å². The minimum Gasteiger partial charge on any atom is -0.488 e. The number of nitrogens with one attached hydrogen (secondary N) is 1. The van der Waals surface area contributed by atoms with E-state index < -0.39 is 0 Å². The Morgan fingerprint density at radius 3 is 2.43 bits per heavy atom. The summed E-state index contributed by atoms with van der Waals surface area (Å²) in [6, 6.07) is 17.4. The summed E-state index contributed by atoms with van der Waals surface area (Å²) in [6.45, 7) is 4.42. The number of rotatable bonds is 4. The molecule has 0 aliphatic heterocycles. The molecule has 0 saturated heterocycles. The molecule has 0 bridgehead atoms. The predicted molar refractivity (Wildman–Crippen MR) is 86.9 cm³/mol. The molecule has 0 saturated carbocycles. The maximum atomic E-state index is 6.23. The van der Waals surface area contributed by atoms with E-state index in [1.807, 2.05) is 7.05 Å². The van der Waals surface area contributed by atoms with E-state index in [1.54, 1.807) is 0 Å². The van der Waals surface area contributed by atoms with E-state index in [0.717, 1.165) is 12.2 Å². The van der Waals surface area contributed by atoms with Gasteiger partial charge in [0, 0.05) is 6.42 Å². The number of likely N-dealkylation sites (N-methyl/N-ethyl adjacent to an activating group) is 1. The molecule has 2 unspecified atom stereocenters. The van der Waals surface area contributed by atoms with Crippen molar-refractivity contribution in [2.75, 3.05) is 7.05 Å². The largest absolute Gasteiger partial charge is 0.488 e. The quantitative estimate of drug-likeness (QED) is 0.912. The maximum absolute atomic E-state index is 6.23. The van der Waals surface area contributed by atoms with Gasteiger partial charge in [-0.05, 0) is 41.8 Å². The lowest BCUT2D eigenvalue weighted by molar-refractivity contribution is 0.171. The van der Waals surface area contributed by atoms with Crippen molar-refractivity contribution in [3.05, 3.63) is 65.2 Å². The van der Waals surface area contributed by atoms with Crippen LogP contribution in [0.2, 0.25) is 0 Å². The van der Waals surface area contributed by atoms with E-state index in [9.17, 15) is 0 Å². The maximum Gasteiger partial charge on any atom is 0.122 e. The monoisotopic (exact) mass is 281 g/mol. The van der Waals surface area contributed by atoms with E-state index in [0.29, 0.717) is 5.92 Å². The molecule has 3 rings (SSSR count). The molecule has 2 atom stereocenters. The van der Waals surface area contributed by atoms with Gasteiger partial charge in [0.2, 0.25) is 0 Å². The van der Waals surface area contributed by atoms with Crippen molar-refractivity contribution in [2.45, 2.75) is 38.3 Å². The highest BCUT2D eigenvalue weighted by Crippen LogP contribution is 2.34. The van der Waals surface area contributed by atoms with Gasteiger partial charge >= 0.3 is 0 Å². The summed E-state index contributed by atoms with van der Waals surface area (Å²) in [6.07, 6.45) is 1.13. The van der Waals surface area contributed by atoms with Crippen molar-refractivity contribution < 1.29 is 4.74 Å². The standard InChI is InChI=1S/C19H23NO/c1-13(2)14-8-10-16(11-9-14)21-18-12-15-6-4-5-7-17(15)19(18)20-3/h4-11,13,18-20H,12H2,1-3H3. The first-order valence-corrected chi connectivity index (χ1v) is 7.70. The summed E-state index contributed by atoms with van der Waals surface area (Å²) < 4.78 is 6.23. The van der Waals surface area contributed by atoms with E-state index >= 15 is 0 Å². The Morgan fingerprint density at radius 1 is 1.05 bits per heavy atom.